The van der Waals surface area contributed by atoms with E-state index in [1.165, 1.54) is 30.0 Å². The third-order valence-corrected chi connectivity index (χ3v) is 6.04. The zero-order valence-electron chi connectivity index (χ0n) is 14.7. The summed E-state index contributed by atoms with van der Waals surface area (Å²) in [7, 11) is 0. The van der Waals surface area contributed by atoms with Crippen LogP contribution in [-0.2, 0) is 17.8 Å². The van der Waals surface area contributed by atoms with Gasteiger partial charge < -0.3 is 15.1 Å². The van der Waals surface area contributed by atoms with Crippen molar-refractivity contribution in [3.63, 3.8) is 0 Å². The molecule has 152 valence electrons. The zero-order valence-corrected chi connectivity index (χ0v) is 17.9. The van der Waals surface area contributed by atoms with Crippen molar-refractivity contribution in [2.75, 3.05) is 11.1 Å². The number of anilines is 1. The third kappa shape index (κ3) is 5.70. The Balaban J connectivity index is 1.63. The Labute approximate surface area is 181 Å². The molecule has 0 saturated heterocycles. The average molecular weight is 500 g/mol. The lowest BCUT2D eigenvalue weighted by Gasteiger charge is -2.07. The number of nitrogens with two attached hydrogens (primary N) is 1. The van der Waals surface area contributed by atoms with Crippen molar-refractivity contribution >= 4 is 50.6 Å². The lowest BCUT2D eigenvalue weighted by molar-refractivity contribution is 0.297. The van der Waals surface area contributed by atoms with Gasteiger partial charge in [0.1, 0.15) is 5.82 Å². The molecule has 0 fully saturated rings. The van der Waals surface area contributed by atoms with Crippen molar-refractivity contribution in [2.24, 2.45) is 10.3 Å². The van der Waals surface area contributed by atoms with E-state index in [0.29, 0.717) is 27.8 Å². The molecule has 8 nitrogen and oxygen atoms in total. The van der Waals surface area contributed by atoms with E-state index < -0.39 is 17.2 Å². The Hall–Kier alpha value is -2.12. The minimum Gasteiger partial charge on any atom is -0.593 e. The first-order chi connectivity index (χ1) is 14.0. The molecule has 0 aliphatic carbocycles. The number of hydrogen-bond donors (Lipinski definition) is 3. The van der Waals surface area contributed by atoms with E-state index in [1.54, 1.807) is 12.1 Å². The molecular weight excluding hydrogens is 485 g/mol. The van der Waals surface area contributed by atoms with Gasteiger partial charge in [-0.3, -0.25) is 0 Å². The molecule has 4 N–H and O–H groups in total. The standard InChI is InChI=1S/C17H15BrFN5O3S2/c18-13-9-11(3-6-14(13)19)21-16(22-25)15-17(24-27-23-15)28-8-7-10-1-4-12(5-2-10)29(20)26/h1-6,9,25H,7-8,20H2,(H,21,22). The van der Waals surface area contributed by atoms with Crippen LogP contribution in [0.2, 0.25) is 0 Å². The maximum atomic E-state index is 13.4. The summed E-state index contributed by atoms with van der Waals surface area (Å²) in [5.41, 5.74) is 1.75. The maximum absolute atomic E-state index is 13.4. The Kier molecular flexibility index (Phi) is 7.50. The molecule has 3 rings (SSSR count). The van der Waals surface area contributed by atoms with E-state index >= 15 is 0 Å². The predicted octanol–water partition coefficient (Wildman–Crippen LogP) is 3.54. The third-order valence-electron chi connectivity index (χ3n) is 3.75. The molecule has 2 aromatic carbocycles. The van der Waals surface area contributed by atoms with E-state index in [4.69, 9.17) is 9.77 Å². The van der Waals surface area contributed by atoms with Crippen molar-refractivity contribution in [2.45, 2.75) is 16.3 Å². The number of benzene rings is 2. The van der Waals surface area contributed by atoms with Crippen molar-refractivity contribution in [1.82, 2.24) is 10.3 Å². The van der Waals surface area contributed by atoms with Crippen LogP contribution in [0.25, 0.3) is 0 Å². The quantitative estimate of drug-likeness (QED) is 0.112. The topological polar surface area (TPSA) is 133 Å². The monoisotopic (exact) mass is 499 g/mol. The second-order valence-electron chi connectivity index (χ2n) is 5.66. The number of thioether (sulfide) groups is 1. The SMILES string of the molecule is N[S+]([O-])c1ccc(CCSc2nonc2/C(=N/O)Nc2ccc(F)c(Br)c2)cc1. The summed E-state index contributed by atoms with van der Waals surface area (Å²) < 4.78 is 29.6. The Morgan fingerprint density at radius 3 is 2.72 bits per heavy atom. The van der Waals surface area contributed by atoms with Crippen LogP contribution < -0.4 is 10.5 Å². The highest BCUT2D eigenvalue weighted by atomic mass is 79.9. The van der Waals surface area contributed by atoms with Gasteiger partial charge >= 0.3 is 0 Å². The van der Waals surface area contributed by atoms with E-state index in [9.17, 15) is 14.2 Å². The number of nitrogens with zero attached hydrogens (tertiary/aromatic N) is 3. The normalized spacial score (nSPS) is 12.8. The minimum atomic E-state index is -1.50. The predicted molar refractivity (Wildman–Crippen MR) is 112 cm³/mol. The first-order valence-electron chi connectivity index (χ1n) is 8.13. The molecule has 0 amide bonds. The lowest BCUT2D eigenvalue weighted by Crippen LogP contribution is -2.15. The molecule has 1 atom stereocenters. The number of amidine groups is 1. The van der Waals surface area contributed by atoms with Crippen molar-refractivity contribution in [1.29, 1.82) is 0 Å². The molecule has 1 unspecified atom stereocenters. The largest absolute Gasteiger partial charge is 0.593 e. The molecule has 3 aromatic rings. The second kappa shape index (κ2) is 10.1. The number of oxime groups is 1. The molecule has 0 aliphatic rings. The molecule has 12 heteroatoms. The Morgan fingerprint density at radius 1 is 1.31 bits per heavy atom. The van der Waals surface area contributed by atoms with Crippen LogP contribution >= 0.6 is 27.7 Å². The summed E-state index contributed by atoms with van der Waals surface area (Å²) in [5.74, 6) is 0.248. The summed E-state index contributed by atoms with van der Waals surface area (Å²) in [5, 5.41) is 28.8. The van der Waals surface area contributed by atoms with Gasteiger partial charge in [0.25, 0.3) is 0 Å². The molecule has 1 heterocycles. The van der Waals surface area contributed by atoms with Gasteiger partial charge in [-0.25, -0.2) is 9.02 Å². The van der Waals surface area contributed by atoms with E-state index in [1.807, 2.05) is 12.1 Å². The Bertz CT molecular complexity index is 1000. The van der Waals surface area contributed by atoms with Gasteiger partial charge in [0, 0.05) is 11.4 Å². The van der Waals surface area contributed by atoms with Gasteiger partial charge in [-0.05, 0) is 68.6 Å². The minimum absolute atomic E-state index is 0.0158. The van der Waals surface area contributed by atoms with Crippen LogP contribution in [0, 0.1) is 5.82 Å². The number of rotatable bonds is 7. The van der Waals surface area contributed by atoms with Crippen LogP contribution in [0.1, 0.15) is 11.3 Å². The van der Waals surface area contributed by atoms with Crippen molar-refractivity contribution < 1.29 is 18.8 Å². The molecule has 0 aliphatic heterocycles. The second-order valence-corrected chi connectivity index (χ2v) is 8.66. The van der Waals surface area contributed by atoms with Crippen LogP contribution in [0.5, 0.6) is 0 Å². The molecule has 1 aromatic heterocycles. The molecular formula is C17H15BrFN5O3S2. The number of nitrogens with one attached hydrogen (secondary N) is 1. The van der Waals surface area contributed by atoms with Gasteiger partial charge in [0.2, 0.25) is 5.84 Å². The van der Waals surface area contributed by atoms with E-state index in [0.717, 1.165) is 5.56 Å². The maximum Gasteiger partial charge on any atom is 0.202 e. The summed E-state index contributed by atoms with van der Waals surface area (Å²) in [4.78, 5) is 0.562. The summed E-state index contributed by atoms with van der Waals surface area (Å²) in [6.45, 7) is 0. The van der Waals surface area contributed by atoms with Crippen LogP contribution in [0.3, 0.4) is 0 Å². The fraction of sp³-hybridized carbons (Fsp3) is 0.118. The van der Waals surface area contributed by atoms with Crippen LogP contribution in [0.4, 0.5) is 10.1 Å². The number of hydrogen-bond acceptors (Lipinski definition) is 8. The van der Waals surface area contributed by atoms with Gasteiger partial charge in [0.05, 0.1) is 15.8 Å². The van der Waals surface area contributed by atoms with Crippen LogP contribution in [-0.4, -0.2) is 31.7 Å². The summed E-state index contributed by atoms with van der Waals surface area (Å²) in [6.07, 6.45) is 0.707. The number of halogens is 2. The summed E-state index contributed by atoms with van der Waals surface area (Å²) >= 11 is 2.96. The van der Waals surface area contributed by atoms with Gasteiger partial charge in [-0.15, -0.1) is 16.9 Å². The van der Waals surface area contributed by atoms with E-state index in [2.05, 4.69) is 36.7 Å². The van der Waals surface area contributed by atoms with E-state index in [-0.39, 0.29) is 16.0 Å². The van der Waals surface area contributed by atoms with Gasteiger partial charge in [-0.1, -0.05) is 17.3 Å². The highest BCUT2D eigenvalue weighted by Crippen LogP contribution is 2.24. The fourth-order valence-electron chi connectivity index (χ4n) is 2.32. The smallest absolute Gasteiger partial charge is 0.202 e. The number of aromatic nitrogens is 2. The Morgan fingerprint density at radius 2 is 2.07 bits per heavy atom. The molecule has 29 heavy (non-hydrogen) atoms. The molecule has 0 spiro atoms. The first-order valence-corrected chi connectivity index (χ1v) is 11.1. The highest BCUT2D eigenvalue weighted by molar-refractivity contribution is 9.10. The summed E-state index contributed by atoms with van der Waals surface area (Å²) in [6, 6.07) is 11.4. The lowest BCUT2D eigenvalue weighted by atomic mass is 10.2. The zero-order chi connectivity index (χ0) is 20.8. The first kappa shape index (κ1) is 21.6. The number of aryl methyl sites for hydroxylation is 1. The molecule has 0 saturated carbocycles. The van der Waals surface area contributed by atoms with Crippen molar-refractivity contribution in [3.8, 4) is 0 Å². The van der Waals surface area contributed by atoms with Crippen LogP contribution in [0.15, 0.2) is 66.6 Å². The average Bonchev–Trinajstić information content (AvgIpc) is 3.17. The van der Waals surface area contributed by atoms with Crippen molar-refractivity contribution in [3.05, 3.63) is 64.0 Å². The fourth-order valence-corrected chi connectivity index (χ4v) is 3.99. The molecule has 0 radical (unpaired) electrons. The highest BCUT2D eigenvalue weighted by Gasteiger charge is 2.18. The van der Waals surface area contributed by atoms with Gasteiger partial charge in [0.15, 0.2) is 15.6 Å². The van der Waals surface area contributed by atoms with Gasteiger partial charge in [-0.2, -0.15) is 0 Å². The molecule has 0 bridgehead atoms.